The highest BCUT2D eigenvalue weighted by atomic mass is 32.2. The average molecular weight is 563 g/mol. The topological polar surface area (TPSA) is 97.8 Å². The van der Waals surface area contributed by atoms with Crippen LogP contribution in [0.1, 0.15) is 36.0 Å². The first-order chi connectivity index (χ1) is 18.9. The Labute approximate surface area is 233 Å². The molecule has 4 unspecified atom stereocenters. The predicted molar refractivity (Wildman–Crippen MR) is 152 cm³/mol. The van der Waals surface area contributed by atoms with Gasteiger partial charge in [-0.3, -0.25) is 4.72 Å². The van der Waals surface area contributed by atoms with Crippen LogP contribution in [0.3, 0.4) is 0 Å². The van der Waals surface area contributed by atoms with E-state index in [0.717, 1.165) is 16.2 Å². The molecule has 0 bridgehead atoms. The Morgan fingerprint density at radius 2 is 1.67 bits per heavy atom. The number of sulfonamides is 1. The lowest BCUT2D eigenvalue weighted by Gasteiger charge is -2.41. The van der Waals surface area contributed by atoms with Gasteiger partial charge in [0.25, 0.3) is 10.0 Å². The standard InChI is InChI=1S/C30H30N2O5S2/c1-21-27(20-38-28-12-5-6-17-31-28)36-30(37-29(21)23-15-13-22(19-33)14-16-23)24-8-7-9-25(18-24)32-39(34,35)26-10-3-2-4-11-26/h2-18,21,27,29-30,32-33H,19-20H2,1H3. The van der Waals surface area contributed by atoms with Crippen molar-refractivity contribution in [2.24, 2.45) is 5.92 Å². The molecule has 9 heteroatoms. The number of thioether (sulfide) groups is 1. The Bertz CT molecular complexity index is 1470. The first kappa shape index (κ1) is 27.4. The molecule has 2 heterocycles. The van der Waals surface area contributed by atoms with Gasteiger partial charge in [0.15, 0.2) is 6.29 Å². The summed E-state index contributed by atoms with van der Waals surface area (Å²) in [5.41, 5.74) is 2.95. The van der Waals surface area contributed by atoms with E-state index in [1.807, 2.05) is 48.5 Å². The Morgan fingerprint density at radius 1 is 0.897 bits per heavy atom. The molecule has 0 radical (unpaired) electrons. The van der Waals surface area contributed by atoms with E-state index in [-0.39, 0.29) is 29.6 Å². The Balaban J connectivity index is 1.40. The van der Waals surface area contributed by atoms with Gasteiger partial charge in [-0.05, 0) is 47.5 Å². The second-order valence-corrected chi connectivity index (χ2v) is 12.1. The van der Waals surface area contributed by atoms with E-state index in [1.165, 1.54) is 0 Å². The van der Waals surface area contributed by atoms with Gasteiger partial charge in [0.1, 0.15) is 0 Å². The summed E-state index contributed by atoms with van der Waals surface area (Å²) in [5, 5.41) is 10.4. The molecule has 202 valence electrons. The molecule has 39 heavy (non-hydrogen) atoms. The first-order valence-corrected chi connectivity index (χ1v) is 15.1. The molecule has 4 aromatic rings. The maximum absolute atomic E-state index is 12.9. The van der Waals surface area contributed by atoms with Crippen LogP contribution in [0.2, 0.25) is 0 Å². The molecule has 0 aliphatic carbocycles. The van der Waals surface area contributed by atoms with Gasteiger partial charge >= 0.3 is 0 Å². The molecule has 1 aliphatic rings. The van der Waals surface area contributed by atoms with Crippen molar-refractivity contribution in [2.75, 3.05) is 10.5 Å². The van der Waals surface area contributed by atoms with E-state index in [1.54, 1.807) is 66.5 Å². The lowest BCUT2D eigenvalue weighted by Crippen LogP contribution is -2.38. The van der Waals surface area contributed by atoms with Crippen molar-refractivity contribution in [3.05, 3.63) is 120 Å². The van der Waals surface area contributed by atoms with Crippen LogP contribution in [0.4, 0.5) is 5.69 Å². The number of anilines is 1. The number of aliphatic hydroxyl groups is 1. The molecule has 4 atom stereocenters. The Hall–Kier alpha value is -3.21. The molecule has 1 aliphatic heterocycles. The van der Waals surface area contributed by atoms with Gasteiger partial charge in [0.2, 0.25) is 0 Å². The van der Waals surface area contributed by atoms with E-state index in [4.69, 9.17) is 9.47 Å². The van der Waals surface area contributed by atoms with Crippen LogP contribution in [0, 0.1) is 5.92 Å². The van der Waals surface area contributed by atoms with Crippen LogP contribution < -0.4 is 4.72 Å². The van der Waals surface area contributed by atoms with Gasteiger partial charge in [-0.2, -0.15) is 0 Å². The molecule has 0 amide bonds. The van der Waals surface area contributed by atoms with Crippen molar-refractivity contribution in [3.8, 4) is 0 Å². The number of ether oxygens (including phenoxy) is 2. The van der Waals surface area contributed by atoms with Gasteiger partial charge in [0.05, 0.1) is 28.7 Å². The van der Waals surface area contributed by atoms with Crippen LogP contribution >= 0.6 is 11.8 Å². The van der Waals surface area contributed by atoms with Gasteiger partial charge in [-0.1, -0.05) is 67.6 Å². The number of aliphatic hydroxyl groups excluding tert-OH is 1. The molecular formula is C30H30N2O5S2. The summed E-state index contributed by atoms with van der Waals surface area (Å²) in [5.74, 6) is 0.695. The van der Waals surface area contributed by atoms with Crippen LogP contribution in [-0.4, -0.2) is 30.4 Å². The number of nitrogens with one attached hydrogen (secondary N) is 1. The van der Waals surface area contributed by atoms with Gasteiger partial charge in [-0.15, -0.1) is 11.8 Å². The smallest absolute Gasteiger partial charge is 0.261 e. The van der Waals surface area contributed by atoms with Crippen molar-refractivity contribution >= 4 is 27.5 Å². The number of pyridine rings is 1. The van der Waals surface area contributed by atoms with Gasteiger partial charge in [0, 0.05) is 29.1 Å². The molecule has 5 rings (SSSR count). The van der Waals surface area contributed by atoms with Crippen molar-refractivity contribution < 1.29 is 23.0 Å². The molecule has 1 saturated heterocycles. The summed E-state index contributed by atoms with van der Waals surface area (Å²) in [4.78, 5) is 4.61. The normalized spacial score (nSPS) is 21.4. The van der Waals surface area contributed by atoms with E-state index >= 15 is 0 Å². The second-order valence-electron chi connectivity index (χ2n) is 9.34. The second kappa shape index (κ2) is 12.3. The monoisotopic (exact) mass is 562 g/mol. The van der Waals surface area contributed by atoms with Crippen molar-refractivity contribution in [1.29, 1.82) is 0 Å². The third-order valence-electron chi connectivity index (χ3n) is 6.62. The summed E-state index contributed by atoms with van der Waals surface area (Å²) >= 11 is 1.62. The van der Waals surface area contributed by atoms with E-state index in [9.17, 15) is 13.5 Å². The largest absolute Gasteiger partial charge is 0.392 e. The summed E-state index contributed by atoms with van der Waals surface area (Å²) in [6.45, 7) is 2.08. The minimum atomic E-state index is -3.74. The molecular weight excluding hydrogens is 532 g/mol. The zero-order valence-corrected chi connectivity index (χ0v) is 23.0. The molecule has 0 spiro atoms. The fourth-order valence-corrected chi connectivity index (χ4v) is 6.57. The first-order valence-electron chi connectivity index (χ1n) is 12.7. The molecule has 1 aromatic heterocycles. The highest BCUT2D eigenvalue weighted by Crippen LogP contribution is 2.43. The average Bonchev–Trinajstić information content (AvgIpc) is 2.97. The minimum Gasteiger partial charge on any atom is -0.392 e. The SMILES string of the molecule is CC1C(CSc2ccccn2)OC(c2cccc(NS(=O)(=O)c3ccccc3)c2)OC1c1ccc(CO)cc1. The van der Waals surface area contributed by atoms with Gasteiger partial charge in [-0.25, -0.2) is 13.4 Å². The van der Waals surface area contributed by atoms with Crippen LogP contribution in [0.5, 0.6) is 0 Å². The zero-order valence-electron chi connectivity index (χ0n) is 21.4. The summed E-state index contributed by atoms with van der Waals surface area (Å²) < 4.78 is 41.4. The summed E-state index contributed by atoms with van der Waals surface area (Å²) in [7, 11) is -3.74. The van der Waals surface area contributed by atoms with E-state index in [0.29, 0.717) is 17.0 Å². The molecule has 1 fully saturated rings. The van der Waals surface area contributed by atoms with Crippen molar-refractivity contribution in [3.63, 3.8) is 0 Å². The lowest BCUT2D eigenvalue weighted by atomic mass is 9.91. The Morgan fingerprint density at radius 3 is 2.38 bits per heavy atom. The maximum Gasteiger partial charge on any atom is 0.261 e. The summed E-state index contributed by atoms with van der Waals surface area (Å²) in [6.07, 6.45) is 0.630. The van der Waals surface area contributed by atoms with Crippen molar-refractivity contribution in [1.82, 2.24) is 4.98 Å². The number of rotatable bonds is 9. The fourth-order valence-electron chi connectivity index (χ4n) is 4.47. The number of nitrogens with zero attached hydrogens (tertiary/aromatic N) is 1. The number of hydrogen-bond donors (Lipinski definition) is 2. The zero-order chi connectivity index (χ0) is 27.2. The quantitative estimate of drug-likeness (QED) is 0.243. The van der Waals surface area contributed by atoms with E-state index in [2.05, 4.69) is 16.6 Å². The lowest BCUT2D eigenvalue weighted by molar-refractivity contribution is -0.268. The number of aromatic nitrogens is 1. The van der Waals surface area contributed by atoms with Crippen LogP contribution in [0.15, 0.2) is 113 Å². The third-order valence-corrected chi connectivity index (χ3v) is 9.05. The Kier molecular flexibility index (Phi) is 8.64. The van der Waals surface area contributed by atoms with Crippen molar-refractivity contribution in [2.45, 2.75) is 42.0 Å². The van der Waals surface area contributed by atoms with E-state index < -0.39 is 16.3 Å². The molecule has 0 saturated carbocycles. The molecule has 7 nitrogen and oxygen atoms in total. The van der Waals surface area contributed by atoms with Gasteiger partial charge < -0.3 is 14.6 Å². The molecule has 3 aromatic carbocycles. The summed E-state index contributed by atoms with van der Waals surface area (Å²) in [6, 6.07) is 28.9. The highest BCUT2D eigenvalue weighted by Gasteiger charge is 2.38. The van der Waals surface area contributed by atoms with Crippen LogP contribution in [0.25, 0.3) is 0 Å². The third kappa shape index (κ3) is 6.69. The molecule has 2 N–H and O–H groups in total. The fraction of sp³-hybridized carbons (Fsp3) is 0.233. The number of benzene rings is 3. The maximum atomic E-state index is 12.9. The van der Waals surface area contributed by atoms with Crippen LogP contribution in [-0.2, 0) is 26.1 Å². The predicted octanol–water partition coefficient (Wildman–Crippen LogP) is 5.96. The minimum absolute atomic E-state index is 0.0252. The highest BCUT2D eigenvalue weighted by molar-refractivity contribution is 7.99. The number of hydrogen-bond acceptors (Lipinski definition) is 7.